The molecule has 0 aromatic carbocycles. The van der Waals surface area contributed by atoms with Crippen molar-refractivity contribution < 1.29 is 4.74 Å². The lowest BCUT2D eigenvalue weighted by molar-refractivity contribution is 0.0851. The number of aromatic nitrogens is 2. The summed E-state index contributed by atoms with van der Waals surface area (Å²) in [5, 5.41) is 0.638. The Balaban J connectivity index is 2.06. The lowest BCUT2D eigenvalue weighted by Crippen LogP contribution is -2.24. The van der Waals surface area contributed by atoms with E-state index < -0.39 is 8.07 Å². The molecule has 0 aliphatic heterocycles. The highest BCUT2D eigenvalue weighted by Gasteiger charge is 2.12. The topological polar surface area (TPSA) is 44.1 Å². The number of nitrogens with zero attached hydrogens (tertiary/aromatic N) is 2. The minimum atomic E-state index is -1.08. The van der Waals surface area contributed by atoms with Crippen molar-refractivity contribution in [1.82, 2.24) is 9.55 Å². The van der Waals surface area contributed by atoms with Crippen LogP contribution in [0.2, 0.25) is 25.7 Å². The van der Waals surface area contributed by atoms with Gasteiger partial charge in [0.2, 0.25) is 0 Å². The number of hydrogen-bond donors (Lipinski definition) is 0. The highest BCUT2D eigenvalue weighted by atomic mass is 28.3. The molecule has 2 rings (SSSR count). The van der Waals surface area contributed by atoms with Gasteiger partial charge >= 0.3 is 0 Å². The zero-order valence-electron chi connectivity index (χ0n) is 11.7. The van der Waals surface area contributed by atoms with E-state index in [0.717, 1.165) is 11.6 Å². The number of rotatable bonds is 5. The van der Waals surface area contributed by atoms with Crippen LogP contribution in [0.15, 0.2) is 35.4 Å². The van der Waals surface area contributed by atoms with Gasteiger partial charge in [-0.3, -0.25) is 14.3 Å². The predicted octanol–water partition coefficient (Wildman–Crippen LogP) is 2.71. The van der Waals surface area contributed by atoms with Crippen LogP contribution in [-0.4, -0.2) is 24.2 Å². The van der Waals surface area contributed by atoms with Gasteiger partial charge in [0, 0.05) is 27.1 Å². The van der Waals surface area contributed by atoms with E-state index >= 15 is 0 Å². The smallest absolute Gasteiger partial charge is 0.261 e. The monoisotopic (exact) mass is 276 g/mol. The molecule has 0 atom stereocenters. The molecule has 4 nitrogen and oxygen atoms in total. The molecular formula is C14H20N2O2Si. The van der Waals surface area contributed by atoms with Crippen LogP contribution in [-0.2, 0) is 11.5 Å². The average molecular weight is 276 g/mol. The van der Waals surface area contributed by atoms with Crippen molar-refractivity contribution in [2.75, 3.05) is 6.61 Å². The van der Waals surface area contributed by atoms with Gasteiger partial charge in [0.1, 0.15) is 6.73 Å². The van der Waals surface area contributed by atoms with Gasteiger partial charge in [0.25, 0.3) is 5.56 Å². The highest BCUT2D eigenvalue weighted by Crippen LogP contribution is 2.08. The molecule has 0 N–H and O–H groups in total. The summed E-state index contributed by atoms with van der Waals surface area (Å²) in [4.78, 5) is 16.3. The lowest BCUT2D eigenvalue weighted by Gasteiger charge is -2.15. The Morgan fingerprint density at radius 2 is 2.11 bits per heavy atom. The molecule has 0 fully saturated rings. The molecule has 2 aromatic rings. The summed E-state index contributed by atoms with van der Waals surface area (Å²) < 4.78 is 7.19. The van der Waals surface area contributed by atoms with E-state index in [1.807, 2.05) is 6.07 Å². The van der Waals surface area contributed by atoms with E-state index in [4.69, 9.17) is 4.74 Å². The molecule has 0 unspecified atom stereocenters. The van der Waals surface area contributed by atoms with Crippen molar-refractivity contribution in [2.24, 2.45) is 0 Å². The van der Waals surface area contributed by atoms with Crippen LogP contribution in [0.25, 0.3) is 10.9 Å². The fourth-order valence-corrected chi connectivity index (χ4v) is 2.51. The summed E-state index contributed by atoms with van der Waals surface area (Å²) in [7, 11) is -1.08. The number of pyridine rings is 2. The third-order valence-corrected chi connectivity index (χ3v) is 4.67. The lowest BCUT2D eigenvalue weighted by atomic mass is 10.3. The van der Waals surface area contributed by atoms with Crippen LogP contribution < -0.4 is 5.56 Å². The van der Waals surface area contributed by atoms with Crippen LogP contribution in [0.4, 0.5) is 0 Å². The second-order valence-electron chi connectivity index (χ2n) is 5.87. The average Bonchev–Trinajstić information content (AvgIpc) is 2.36. The number of fused-ring (bicyclic) bond motifs is 1. The van der Waals surface area contributed by atoms with E-state index in [9.17, 15) is 4.79 Å². The third kappa shape index (κ3) is 3.75. The van der Waals surface area contributed by atoms with Gasteiger partial charge in [-0.15, -0.1) is 0 Å². The molecule has 0 aliphatic rings. The van der Waals surface area contributed by atoms with Crippen molar-refractivity contribution in [2.45, 2.75) is 32.4 Å². The second-order valence-corrected chi connectivity index (χ2v) is 11.5. The largest absolute Gasteiger partial charge is 0.361 e. The Hall–Kier alpha value is -1.46. The maximum absolute atomic E-state index is 12.2. The van der Waals surface area contributed by atoms with Gasteiger partial charge in [-0.2, -0.15) is 0 Å². The molecule has 0 bridgehead atoms. The molecule has 0 saturated heterocycles. The third-order valence-electron chi connectivity index (χ3n) is 2.97. The highest BCUT2D eigenvalue weighted by molar-refractivity contribution is 6.76. The normalized spacial score (nSPS) is 11.9. The predicted molar refractivity (Wildman–Crippen MR) is 80.1 cm³/mol. The Kier molecular flexibility index (Phi) is 4.16. The van der Waals surface area contributed by atoms with Crippen LogP contribution in [0.3, 0.4) is 0 Å². The minimum Gasteiger partial charge on any atom is -0.361 e. The fourth-order valence-electron chi connectivity index (χ4n) is 1.76. The van der Waals surface area contributed by atoms with E-state index in [1.54, 1.807) is 29.1 Å². The van der Waals surface area contributed by atoms with Crippen molar-refractivity contribution in [3.63, 3.8) is 0 Å². The molecule has 0 saturated carbocycles. The van der Waals surface area contributed by atoms with E-state index in [-0.39, 0.29) is 5.56 Å². The maximum atomic E-state index is 12.2. The first-order valence-corrected chi connectivity index (χ1v) is 10.2. The van der Waals surface area contributed by atoms with Gasteiger partial charge in [0.05, 0.1) is 10.9 Å². The van der Waals surface area contributed by atoms with Crippen LogP contribution in [0.1, 0.15) is 0 Å². The summed E-state index contributed by atoms with van der Waals surface area (Å²) in [6.07, 6.45) is 3.43. The first kappa shape index (κ1) is 14.0. The molecule has 5 heteroatoms. The van der Waals surface area contributed by atoms with Gasteiger partial charge in [-0.1, -0.05) is 19.6 Å². The molecule has 0 aliphatic carbocycles. The number of ether oxygens (including phenoxy) is 1. The first-order chi connectivity index (χ1) is 8.97. The SMILES string of the molecule is C[Si](C)(C)CCOCn1ccc2ncccc2c1=O. The zero-order chi connectivity index (χ0) is 13.9. The summed E-state index contributed by atoms with van der Waals surface area (Å²) in [5.41, 5.74) is 0.685. The second kappa shape index (κ2) is 5.67. The maximum Gasteiger partial charge on any atom is 0.261 e. The molecule has 2 aromatic heterocycles. The van der Waals surface area contributed by atoms with E-state index in [2.05, 4.69) is 24.6 Å². The molecular weight excluding hydrogens is 256 g/mol. The quantitative estimate of drug-likeness (QED) is 0.623. The summed E-state index contributed by atoms with van der Waals surface area (Å²) in [6.45, 7) is 7.96. The van der Waals surface area contributed by atoms with Crippen molar-refractivity contribution >= 4 is 19.0 Å². The molecule has 0 amide bonds. The number of hydrogen-bond acceptors (Lipinski definition) is 3. The Morgan fingerprint density at radius 3 is 2.84 bits per heavy atom. The summed E-state index contributed by atoms with van der Waals surface area (Å²) in [6, 6.07) is 6.53. The summed E-state index contributed by atoms with van der Waals surface area (Å²) >= 11 is 0. The van der Waals surface area contributed by atoms with Crippen molar-refractivity contribution in [3.05, 3.63) is 40.9 Å². The van der Waals surface area contributed by atoms with Crippen LogP contribution >= 0.6 is 0 Å². The molecule has 0 radical (unpaired) electrons. The van der Waals surface area contributed by atoms with Gasteiger partial charge < -0.3 is 4.74 Å². The Labute approximate surface area is 114 Å². The minimum absolute atomic E-state index is 0.0430. The molecule has 102 valence electrons. The van der Waals surface area contributed by atoms with Gasteiger partial charge in [-0.05, 0) is 24.2 Å². The molecule has 19 heavy (non-hydrogen) atoms. The van der Waals surface area contributed by atoms with E-state index in [1.165, 1.54) is 0 Å². The van der Waals surface area contributed by atoms with Crippen molar-refractivity contribution in [3.8, 4) is 0 Å². The Morgan fingerprint density at radius 1 is 1.32 bits per heavy atom. The zero-order valence-corrected chi connectivity index (χ0v) is 12.7. The van der Waals surface area contributed by atoms with Crippen molar-refractivity contribution in [1.29, 1.82) is 0 Å². The van der Waals surface area contributed by atoms with Gasteiger partial charge in [0.15, 0.2) is 0 Å². The standard InChI is InChI=1S/C14H20N2O2Si/c1-19(2,3)10-9-18-11-16-8-6-13-12(14(16)17)5-4-7-15-13/h4-8H,9-11H2,1-3H3. The van der Waals surface area contributed by atoms with Crippen LogP contribution in [0, 0.1) is 0 Å². The van der Waals surface area contributed by atoms with Gasteiger partial charge in [-0.25, -0.2) is 0 Å². The summed E-state index contributed by atoms with van der Waals surface area (Å²) in [5.74, 6) is 0. The van der Waals surface area contributed by atoms with Crippen LogP contribution in [0.5, 0.6) is 0 Å². The van der Waals surface area contributed by atoms with E-state index in [0.29, 0.717) is 18.7 Å². The first-order valence-electron chi connectivity index (χ1n) is 6.49. The molecule has 0 spiro atoms. The Bertz CT molecular complexity index is 617. The fraction of sp³-hybridized carbons (Fsp3) is 0.429. The molecule has 2 heterocycles.